The van der Waals surface area contributed by atoms with Gasteiger partial charge in [-0.15, -0.1) is 0 Å². The van der Waals surface area contributed by atoms with Gasteiger partial charge in [-0.1, -0.05) is 28.1 Å². The summed E-state index contributed by atoms with van der Waals surface area (Å²) in [6, 6.07) is 13.3. The molecule has 1 unspecified atom stereocenters. The number of halogens is 1. The average molecular weight is 349 g/mol. The van der Waals surface area contributed by atoms with Gasteiger partial charge in [0.15, 0.2) is 0 Å². The van der Waals surface area contributed by atoms with E-state index in [4.69, 9.17) is 0 Å². The number of benzene rings is 2. The summed E-state index contributed by atoms with van der Waals surface area (Å²) in [5, 5.41) is 13.3. The molecule has 0 saturated carbocycles. The summed E-state index contributed by atoms with van der Waals surface area (Å²) < 4.78 is 0.953. The minimum Gasteiger partial charge on any atom is -0.326 e. The molecule has 0 spiro atoms. The van der Waals surface area contributed by atoms with E-state index < -0.39 is 4.92 Å². The second-order valence-electron chi connectivity index (χ2n) is 4.57. The number of carbonyl (C=O) groups is 1. The van der Waals surface area contributed by atoms with Crippen molar-refractivity contribution < 1.29 is 9.72 Å². The Hall–Kier alpha value is -2.21. The first-order valence-electron chi connectivity index (χ1n) is 6.28. The molecule has 5 nitrogen and oxygen atoms in total. The largest absolute Gasteiger partial charge is 0.326 e. The van der Waals surface area contributed by atoms with Crippen LogP contribution >= 0.6 is 15.9 Å². The summed E-state index contributed by atoms with van der Waals surface area (Å²) >= 11 is 3.35. The lowest BCUT2D eigenvalue weighted by Crippen LogP contribution is -2.18. The maximum atomic E-state index is 12.2. The molecule has 108 valence electrons. The maximum absolute atomic E-state index is 12.2. The lowest BCUT2D eigenvalue weighted by molar-refractivity contribution is -0.384. The van der Waals surface area contributed by atoms with Crippen LogP contribution in [0.3, 0.4) is 0 Å². The Morgan fingerprint density at radius 2 is 1.71 bits per heavy atom. The lowest BCUT2D eigenvalue weighted by Gasteiger charge is -2.12. The zero-order valence-electron chi connectivity index (χ0n) is 11.2. The number of nitrogens with one attached hydrogen (secondary N) is 1. The summed E-state index contributed by atoms with van der Waals surface area (Å²) in [7, 11) is 0. The monoisotopic (exact) mass is 348 g/mol. The number of hydrogen-bond donors (Lipinski definition) is 1. The van der Waals surface area contributed by atoms with Crippen molar-refractivity contribution in [1.29, 1.82) is 0 Å². The third-order valence-corrected chi connectivity index (χ3v) is 3.64. The standard InChI is InChI=1S/C15H13BrN2O3/c1-10(11-2-4-12(16)5-3-11)15(19)17-13-6-8-14(9-7-13)18(20)21/h2-10H,1H3,(H,17,19). The van der Waals surface area contributed by atoms with E-state index in [1.807, 2.05) is 31.2 Å². The fraction of sp³-hybridized carbons (Fsp3) is 0.133. The van der Waals surface area contributed by atoms with E-state index >= 15 is 0 Å². The van der Waals surface area contributed by atoms with Gasteiger partial charge in [0.2, 0.25) is 5.91 Å². The quantitative estimate of drug-likeness (QED) is 0.667. The Morgan fingerprint density at radius 3 is 2.24 bits per heavy atom. The van der Waals surface area contributed by atoms with E-state index in [0.29, 0.717) is 5.69 Å². The minimum absolute atomic E-state index is 0.00560. The van der Waals surface area contributed by atoms with Crippen LogP contribution in [0, 0.1) is 10.1 Å². The topological polar surface area (TPSA) is 72.2 Å². The van der Waals surface area contributed by atoms with Crippen LogP contribution in [0.2, 0.25) is 0 Å². The van der Waals surface area contributed by atoms with Gasteiger partial charge >= 0.3 is 0 Å². The molecule has 6 heteroatoms. The number of nitro benzene ring substituents is 1. The number of rotatable bonds is 4. The second-order valence-corrected chi connectivity index (χ2v) is 5.48. The molecular formula is C15H13BrN2O3. The van der Waals surface area contributed by atoms with Crippen molar-refractivity contribution in [2.75, 3.05) is 5.32 Å². The molecule has 0 heterocycles. The number of nitro groups is 1. The summed E-state index contributed by atoms with van der Waals surface area (Å²) in [5.41, 5.74) is 1.43. The molecule has 0 bridgehead atoms. The molecule has 0 aromatic heterocycles. The number of nitrogens with zero attached hydrogens (tertiary/aromatic N) is 1. The molecule has 1 N–H and O–H groups in total. The normalized spacial score (nSPS) is 11.7. The Bertz CT molecular complexity index is 654. The molecule has 21 heavy (non-hydrogen) atoms. The van der Waals surface area contributed by atoms with Crippen molar-refractivity contribution in [2.24, 2.45) is 0 Å². The third kappa shape index (κ3) is 3.88. The molecular weight excluding hydrogens is 336 g/mol. The Balaban J connectivity index is 2.06. The molecule has 2 rings (SSSR count). The number of hydrogen-bond acceptors (Lipinski definition) is 3. The first kappa shape index (κ1) is 15.2. The molecule has 2 aromatic rings. The molecule has 2 aromatic carbocycles. The summed E-state index contributed by atoms with van der Waals surface area (Å²) in [5.74, 6) is -0.473. The molecule has 0 saturated heterocycles. The molecule has 0 aliphatic heterocycles. The van der Waals surface area contributed by atoms with Crippen LogP contribution < -0.4 is 5.32 Å². The van der Waals surface area contributed by atoms with Gasteiger partial charge in [0.1, 0.15) is 0 Å². The van der Waals surface area contributed by atoms with Crippen LogP contribution in [0.25, 0.3) is 0 Å². The highest BCUT2D eigenvalue weighted by atomic mass is 79.9. The average Bonchev–Trinajstić information content (AvgIpc) is 2.47. The fourth-order valence-corrected chi connectivity index (χ4v) is 2.08. The number of amides is 1. The first-order valence-corrected chi connectivity index (χ1v) is 7.07. The highest BCUT2D eigenvalue weighted by Gasteiger charge is 2.15. The molecule has 1 amide bonds. The van der Waals surface area contributed by atoms with E-state index in [2.05, 4.69) is 21.2 Å². The van der Waals surface area contributed by atoms with Crippen LogP contribution in [0.15, 0.2) is 53.0 Å². The minimum atomic E-state index is -0.476. The van der Waals surface area contributed by atoms with Gasteiger partial charge in [0, 0.05) is 22.3 Å². The van der Waals surface area contributed by atoms with Gasteiger partial charge in [-0.3, -0.25) is 14.9 Å². The van der Waals surface area contributed by atoms with Crippen molar-refractivity contribution in [2.45, 2.75) is 12.8 Å². The van der Waals surface area contributed by atoms with Crippen molar-refractivity contribution in [3.8, 4) is 0 Å². The van der Waals surface area contributed by atoms with Gasteiger partial charge in [-0.25, -0.2) is 0 Å². The molecule has 0 fully saturated rings. The predicted octanol–water partition coefficient (Wildman–Crippen LogP) is 4.10. The third-order valence-electron chi connectivity index (χ3n) is 3.11. The maximum Gasteiger partial charge on any atom is 0.269 e. The van der Waals surface area contributed by atoms with Crippen molar-refractivity contribution >= 4 is 33.2 Å². The van der Waals surface area contributed by atoms with Gasteiger partial charge in [0.05, 0.1) is 10.8 Å². The Kier molecular flexibility index (Phi) is 4.70. The number of carbonyl (C=O) groups excluding carboxylic acids is 1. The zero-order chi connectivity index (χ0) is 15.4. The molecule has 0 aliphatic rings. The highest BCUT2D eigenvalue weighted by Crippen LogP contribution is 2.21. The second kappa shape index (κ2) is 6.49. The van der Waals surface area contributed by atoms with Crippen LogP contribution in [-0.2, 0) is 4.79 Å². The Morgan fingerprint density at radius 1 is 1.14 bits per heavy atom. The Labute approximate surface area is 130 Å². The zero-order valence-corrected chi connectivity index (χ0v) is 12.8. The summed E-state index contributed by atoms with van der Waals surface area (Å²) in [6.07, 6.45) is 0. The SMILES string of the molecule is CC(C(=O)Nc1ccc([N+](=O)[O-])cc1)c1ccc(Br)cc1. The van der Waals surface area contributed by atoms with E-state index in [1.54, 1.807) is 0 Å². The van der Waals surface area contributed by atoms with E-state index in [9.17, 15) is 14.9 Å². The smallest absolute Gasteiger partial charge is 0.269 e. The lowest BCUT2D eigenvalue weighted by atomic mass is 10.0. The first-order chi connectivity index (χ1) is 9.97. The van der Waals surface area contributed by atoms with E-state index in [0.717, 1.165) is 10.0 Å². The van der Waals surface area contributed by atoms with Gasteiger partial charge in [-0.05, 0) is 36.8 Å². The number of non-ortho nitro benzene ring substituents is 1. The summed E-state index contributed by atoms with van der Waals surface area (Å²) in [4.78, 5) is 22.3. The van der Waals surface area contributed by atoms with Crippen molar-refractivity contribution in [3.05, 3.63) is 68.7 Å². The van der Waals surface area contributed by atoms with Crippen LogP contribution in [0.1, 0.15) is 18.4 Å². The fourth-order valence-electron chi connectivity index (χ4n) is 1.82. The summed E-state index contributed by atoms with van der Waals surface area (Å²) in [6.45, 7) is 1.81. The van der Waals surface area contributed by atoms with Crippen LogP contribution in [-0.4, -0.2) is 10.8 Å². The van der Waals surface area contributed by atoms with Crippen LogP contribution in [0.4, 0.5) is 11.4 Å². The highest BCUT2D eigenvalue weighted by molar-refractivity contribution is 9.10. The van der Waals surface area contributed by atoms with Gasteiger partial charge < -0.3 is 5.32 Å². The molecule has 0 radical (unpaired) electrons. The van der Waals surface area contributed by atoms with E-state index in [-0.39, 0.29) is 17.5 Å². The molecule has 0 aliphatic carbocycles. The predicted molar refractivity (Wildman–Crippen MR) is 84.3 cm³/mol. The number of anilines is 1. The van der Waals surface area contributed by atoms with Crippen molar-refractivity contribution in [1.82, 2.24) is 0 Å². The van der Waals surface area contributed by atoms with Gasteiger partial charge in [0.25, 0.3) is 5.69 Å². The molecule has 1 atom stereocenters. The van der Waals surface area contributed by atoms with E-state index in [1.165, 1.54) is 24.3 Å². The van der Waals surface area contributed by atoms with Crippen molar-refractivity contribution in [3.63, 3.8) is 0 Å². The van der Waals surface area contributed by atoms with Crippen LogP contribution in [0.5, 0.6) is 0 Å². The van der Waals surface area contributed by atoms with Gasteiger partial charge in [-0.2, -0.15) is 0 Å².